The van der Waals surface area contributed by atoms with Crippen molar-refractivity contribution < 1.29 is 19.4 Å². The molecule has 2 N–H and O–H groups in total. The molecule has 2 rings (SSSR count). The first-order chi connectivity index (χ1) is 9.74. The number of fused-ring (bicyclic) bond motifs is 1. The number of aromatic nitrogens is 1. The third kappa shape index (κ3) is 2.35. The summed E-state index contributed by atoms with van der Waals surface area (Å²) < 4.78 is 4.19. The molecule has 0 aromatic carbocycles. The van der Waals surface area contributed by atoms with Gasteiger partial charge in [0.2, 0.25) is 0 Å². The molecule has 2 unspecified atom stereocenters. The molecule has 0 amide bonds. The summed E-state index contributed by atoms with van der Waals surface area (Å²) in [6.45, 7) is 9.71. The van der Waals surface area contributed by atoms with Crippen LogP contribution in [0.15, 0.2) is 5.03 Å². The van der Waals surface area contributed by atoms with Gasteiger partial charge in [-0.05, 0) is 30.9 Å². The smallest absolute Gasteiger partial charge is 0.355 e. The van der Waals surface area contributed by atoms with E-state index in [4.69, 9.17) is 4.74 Å². The number of ether oxygens (including phenoxy) is 1. The van der Waals surface area contributed by atoms with E-state index in [1.54, 1.807) is 13.8 Å². The fourth-order valence-electron chi connectivity index (χ4n) is 2.78. The Kier molecular flexibility index (Phi) is 4.10. The molecule has 0 bridgehead atoms. The molecule has 1 aliphatic rings. The third-order valence-corrected chi connectivity index (χ3v) is 5.58. The largest absolute Gasteiger partial charge is 0.480 e. The molecule has 0 saturated heterocycles. The first-order valence-electron chi connectivity index (χ1n) is 7.09. The number of thioether (sulfide) groups is 1. The Morgan fingerprint density at radius 1 is 1.48 bits per heavy atom. The molecule has 1 aliphatic heterocycles. The second kappa shape index (κ2) is 5.40. The summed E-state index contributed by atoms with van der Waals surface area (Å²) in [6.07, 6.45) is 0. The van der Waals surface area contributed by atoms with Crippen molar-refractivity contribution in [2.24, 2.45) is 0 Å². The number of carboxylic acid groups (broad SMARTS) is 1. The predicted octanol–water partition coefficient (Wildman–Crippen LogP) is 3.37. The van der Waals surface area contributed by atoms with Crippen LogP contribution in [0.2, 0.25) is 0 Å². The van der Waals surface area contributed by atoms with Crippen LogP contribution < -0.4 is 0 Å². The standard InChI is InChI=1S/C15H21NO4S/c1-6-20-13(17)11-9(7(2)3)10-8(4)15(5,14(18)19)21-12(10)16-11/h7-8,16H,6H2,1-5H3,(H,18,19). The zero-order chi connectivity index (χ0) is 15.9. The SMILES string of the molecule is CCOC(=O)c1[nH]c2c(c1C(C)C)C(C)C(C)(C(=O)O)S2. The minimum absolute atomic E-state index is 0.114. The van der Waals surface area contributed by atoms with Crippen LogP contribution in [0.3, 0.4) is 0 Å². The first kappa shape index (κ1) is 15.9. The molecule has 0 radical (unpaired) electrons. The van der Waals surface area contributed by atoms with Crippen LogP contribution >= 0.6 is 11.8 Å². The predicted molar refractivity (Wildman–Crippen MR) is 81.2 cm³/mol. The van der Waals surface area contributed by atoms with E-state index in [2.05, 4.69) is 4.98 Å². The summed E-state index contributed by atoms with van der Waals surface area (Å²) in [5, 5.41) is 10.3. The van der Waals surface area contributed by atoms with Crippen molar-refractivity contribution >= 4 is 23.7 Å². The topological polar surface area (TPSA) is 79.4 Å². The van der Waals surface area contributed by atoms with Crippen molar-refractivity contribution in [2.45, 2.75) is 56.2 Å². The van der Waals surface area contributed by atoms with Gasteiger partial charge < -0.3 is 14.8 Å². The number of nitrogens with one attached hydrogen (secondary N) is 1. The Hall–Kier alpha value is -1.43. The third-order valence-electron chi connectivity index (χ3n) is 4.10. The second-order valence-corrected chi connectivity index (χ2v) is 7.23. The number of carbonyl (C=O) groups excluding carboxylic acids is 1. The Balaban J connectivity index is 2.54. The summed E-state index contributed by atoms with van der Waals surface area (Å²) in [7, 11) is 0. The molecule has 116 valence electrons. The number of aromatic amines is 1. The van der Waals surface area contributed by atoms with Gasteiger partial charge in [0.15, 0.2) is 0 Å². The molecule has 21 heavy (non-hydrogen) atoms. The summed E-state index contributed by atoms with van der Waals surface area (Å²) in [5.41, 5.74) is 2.29. The van der Waals surface area contributed by atoms with Gasteiger partial charge in [0.05, 0.1) is 11.6 Å². The van der Waals surface area contributed by atoms with E-state index >= 15 is 0 Å². The lowest BCUT2D eigenvalue weighted by atomic mass is 9.84. The van der Waals surface area contributed by atoms with Gasteiger partial charge in [-0.25, -0.2) is 4.79 Å². The summed E-state index contributed by atoms with van der Waals surface area (Å²) in [4.78, 5) is 26.8. The van der Waals surface area contributed by atoms with Crippen LogP contribution in [0.5, 0.6) is 0 Å². The number of carboxylic acids is 1. The minimum atomic E-state index is -0.905. The molecule has 0 aliphatic carbocycles. The molecular formula is C15H21NO4S. The fourth-order valence-corrected chi connectivity index (χ4v) is 4.14. The number of carbonyl (C=O) groups is 2. The van der Waals surface area contributed by atoms with Gasteiger partial charge in [-0.3, -0.25) is 4.79 Å². The van der Waals surface area contributed by atoms with Crippen LogP contribution in [0, 0.1) is 0 Å². The van der Waals surface area contributed by atoms with Crippen LogP contribution in [0.25, 0.3) is 0 Å². The maximum Gasteiger partial charge on any atom is 0.355 e. The average Bonchev–Trinajstić information content (AvgIpc) is 2.86. The molecule has 5 nitrogen and oxygen atoms in total. The van der Waals surface area contributed by atoms with Gasteiger partial charge in [0.25, 0.3) is 0 Å². The molecule has 1 aromatic heterocycles. The minimum Gasteiger partial charge on any atom is -0.480 e. The number of hydrogen-bond acceptors (Lipinski definition) is 4. The lowest BCUT2D eigenvalue weighted by Gasteiger charge is -2.24. The number of esters is 1. The monoisotopic (exact) mass is 311 g/mol. The molecule has 0 saturated carbocycles. The van der Waals surface area contributed by atoms with Gasteiger partial charge in [-0.2, -0.15) is 0 Å². The van der Waals surface area contributed by atoms with Gasteiger partial charge in [-0.15, -0.1) is 0 Å². The van der Waals surface area contributed by atoms with Gasteiger partial charge in [0, 0.05) is 5.92 Å². The van der Waals surface area contributed by atoms with Crippen LogP contribution in [0.4, 0.5) is 0 Å². The summed E-state index contributed by atoms with van der Waals surface area (Å²) in [6, 6.07) is 0. The highest BCUT2D eigenvalue weighted by Gasteiger charge is 2.50. The summed E-state index contributed by atoms with van der Waals surface area (Å²) in [5.74, 6) is -1.27. The van der Waals surface area contributed by atoms with Gasteiger partial charge in [-0.1, -0.05) is 32.5 Å². The Morgan fingerprint density at radius 3 is 2.57 bits per heavy atom. The number of aliphatic carboxylic acids is 1. The highest BCUT2D eigenvalue weighted by atomic mass is 32.2. The zero-order valence-corrected chi connectivity index (χ0v) is 13.8. The molecule has 0 fully saturated rings. The van der Waals surface area contributed by atoms with Gasteiger partial charge in [0.1, 0.15) is 10.4 Å². The van der Waals surface area contributed by atoms with Crippen molar-refractivity contribution in [3.8, 4) is 0 Å². The normalized spacial score (nSPS) is 24.2. The quantitative estimate of drug-likeness (QED) is 0.833. The highest BCUT2D eigenvalue weighted by molar-refractivity contribution is 8.01. The van der Waals surface area contributed by atoms with Crippen molar-refractivity contribution in [1.29, 1.82) is 0 Å². The van der Waals surface area contributed by atoms with Crippen LogP contribution in [0.1, 0.15) is 68.1 Å². The van der Waals surface area contributed by atoms with E-state index in [-0.39, 0.29) is 17.8 Å². The maximum absolute atomic E-state index is 12.1. The van der Waals surface area contributed by atoms with E-state index in [0.29, 0.717) is 12.3 Å². The van der Waals surface area contributed by atoms with E-state index in [9.17, 15) is 14.7 Å². The first-order valence-corrected chi connectivity index (χ1v) is 7.90. The molecule has 2 heterocycles. The highest BCUT2D eigenvalue weighted by Crippen LogP contribution is 2.55. The second-order valence-electron chi connectivity index (χ2n) is 5.77. The number of hydrogen-bond donors (Lipinski definition) is 2. The van der Waals surface area contributed by atoms with Crippen molar-refractivity contribution in [2.75, 3.05) is 6.61 Å². The molecular weight excluding hydrogens is 290 g/mol. The Bertz CT molecular complexity index is 593. The molecule has 1 aromatic rings. The fraction of sp³-hybridized carbons (Fsp3) is 0.600. The zero-order valence-electron chi connectivity index (χ0n) is 12.9. The van der Waals surface area contributed by atoms with Crippen LogP contribution in [-0.2, 0) is 9.53 Å². The molecule has 0 spiro atoms. The van der Waals surface area contributed by atoms with Crippen LogP contribution in [-0.4, -0.2) is 33.4 Å². The van der Waals surface area contributed by atoms with Crippen molar-refractivity contribution in [1.82, 2.24) is 4.98 Å². The Labute approximate surface area is 128 Å². The molecule has 2 atom stereocenters. The van der Waals surface area contributed by atoms with Crippen molar-refractivity contribution in [3.63, 3.8) is 0 Å². The van der Waals surface area contributed by atoms with E-state index in [0.717, 1.165) is 16.2 Å². The van der Waals surface area contributed by atoms with Crippen molar-refractivity contribution in [3.05, 3.63) is 16.8 Å². The Morgan fingerprint density at radius 2 is 2.10 bits per heavy atom. The van der Waals surface area contributed by atoms with E-state index in [1.165, 1.54) is 11.8 Å². The molecule has 6 heteroatoms. The average molecular weight is 311 g/mol. The van der Waals surface area contributed by atoms with E-state index < -0.39 is 10.7 Å². The summed E-state index contributed by atoms with van der Waals surface area (Å²) >= 11 is 1.28. The lowest BCUT2D eigenvalue weighted by Crippen LogP contribution is -2.34. The lowest BCUT2D eigenvalue weighted by molar-refractivity contribution is -0.139. The van der Waals surface area contributed by atoms with E-state index in [1.807, 2.05) is 20.8 Å². The number of rotatable bonds is 4. The maximum atomic E-state index is 12.1. The van der Waals surface area contributed by atoms with Gasteiger partial charge >= 0.3 is 11.9 Å². The number of H-pyrrole nitrogens is 1.